The molecule has 1 aromatic carbocycles. The number of alkyl halides is 3. The maximum absolute atomic E-state index is 12.5. The van der Waals surface area contributed by atoms with E-state index in [0.717, 1.165) is 12.8 Å². The van der Waals surface area contributed by atoms with Crippen molar-refractivity contribution < 1.29 is 27.4 Å². The van der Waals surface area contributed by atoms with Gasteiger partial charge in [-0.25, -0.2) is 9.67 Å². The molecule has 0 fully saturated rings. The molecule has 30 heavy (non-hydrogen) atoms. The molecule has 0 aliphatic rings. The molecule has 10 heteroatoms. The number of rotatable bonds is 8. The van der Waals surface area contributed by atoms with Crippen LogP contribution in [-0.4, -0.2) is 40.3 Å². The van der Waals surface area contributed by atoms with Crippen LogP contribution in [0.15, 0.2) is 24.4 Å². The lowest BCUT2D eigenvalue weighted by molar-refractivity contribution is -0.274. The van der Waals surface area contributed by atoms with Crippen LogP contribution in [-0.2, 0) is 6.42 Å². The van der Waals surface area contributed by atoms with E-state index in [4.69, 9.17) is 9.47 Å². The SMILES string of the molecule is CCC(CC)n1ncc2nc(Cc3ccc(OC(F)(F)F)cc3OC)c(OC)nc21. The first kappa shape index (κ1) is 21.7. The molecule has 0 spiro atoms. The van der Waals surface area contributed by atoms with Crippen molar-refractivity contribution in [3.8, 4) is 17.4 Å². The van der Waals surface area contributed by atoms with Crippen molar-refractivity contribution >= 4 is 11.2 Å². The van der Waals surface area contributed by atoms with Crippen molar-refractivity contribution in [3.05, 3.63) is 35.7 Å². The summed E-state index contributed by atoms with van der Waals surface area (Å²) < 4.78 is 53.9. The van der Waals surface area contributed by atoms with Gasteiger partial charge in [-0.05, 0) is 18.9 Å². The topological polar surface area (TPSA) is 71.3 Å². The molecular weight excluding hydrogens is 401 g/mol. The van der Waals surface area contributed by atoms with E-state index >= 15 is 0 Å². The average Bonchev–Trinajstić information content (AvgIpc) is 3.11. The van der Waals surface area contributed by atoms with Crippen LogP contribution in [0, 0.1) is 0 Å². The van der Waals surface area contributed by atoms with Gasteiger partial charge in [0.25, 0.3) is 0 Å². The third-order valence-electron chi connectivity index (χ3n) is 4.79. The third-order valence-corrected chi connectivity index (χ3v) is 4.79. The first-order valence-electron chi connectivity index (χ1n) is 9.50. The summed E-state index contributed by atoms with van der Waals surface area (Å²) in [5.74, 6) is 0.212. The summed E-state index contributed by atoms with van der Waals surface area (Å²) in [5, 5.41) is 4.43. The van der Waals surface area contributed by atoms with Gasteiger partial charge in [0, 0.05) is 18.1 Å². The number of aromatic nitrogens is 4. The highest BCUT2D eigenvalue weighted by atomic mass is 19.4. The summed E-state index contributed by atoms with van der Waals surface area (Å²) in [7, 11) is 2.87. The Morgan fingerprint density at radius 2 is 1.80 bits per heavy atom. The lowest BCUT2D eigenvalue weighted by Crippen LogP contribution is -2.17. The Kier molecular flexibility index (Phi) is 6.33. The lowest BCUT2D eigenvalue weighted by Gasteiger charge is -2.15. The molecule has 162 valence electrons. The zero-order valence-electron chi connectivity index (χ0n) is 17.2. The van der Waals surface area contributed by atoms with Gasteiger partial charge in [0.2, 0.25) is 5.88 Å². The van der Waals surface area contributed by atoms with Gasteiger partial charge in [-0.2, -0.15) is 10.1 Å². The van der Waals surface area contributed by atoms with E-state index < -0.39 is 6.36 Å². The summed E-state index contributed by atoms with van der Waals surface area (Å²) in [6.07, 6.45) is -1.06. The second kappa shape index (κ2) is 8.76. The van der Waals surface area contributed by atoms with Crippen LogP contribution < -0.4 is 14.2 Å². The largest absolute Gasteiger partial charge is 0.573 e. The van der Waals surface area contributed by atoms with E-state index in [1.54, 1.807) is 6.20 Å². The van der Waals surface area contributed by atoms with Gasteiger partial charge in [-0.15, -0.1) is 13.2 Å². The number of hydrogen-bond acceptors (Lipinski definition) is 6. The first-order valence-corrected chi connectivity index (χ1v) is 9.50. The van der Waals surface area contributed by atoms with E-state index in [1.807, 2.05) is 4.68 Å². The Hall–Kier alpha value is -3.04. The van der Waals surface area contributed by atoms with Gasteiger partial charge < -0.3 is 14.2 Å². The van der Waals surface area contributed by atoms with Gasteiger partial charge in [-0.1, -0.05) is 19.9 Å². The summed E-state index contributed by atoms with van der Waals surface area (Å²) >= 11 is 0. The Balaban J connectivity index is 1.97. The number of ether oxygens (including phenoxy) is 3. The normalized spacial score (nSPS) is 11.9. The Morgan fingerprint density at radius 1 is 1.07 bits per heavy atom. The zero-order chi connectivity index (χ0) is 21.9. The Labute approximate surface area is 171 Å². The fraction of sp³-hybridized carbons (Fsp3) is 0.450. The number of fused-ring (bicyclic) bond motifs is 1. The molecule has 0 amide bonds. The van der Waals surface area contributed by atoms with E-state index in [1.165, 1.54) is 32.4 Å². The van der Waals surface area contributed by atoms with Gasteiger partial charge >= 0.3 is 6.36 Å². The third kappa shape index (κ3) is 4.58. The lowest BCUT2D eigenvalue weighted by atomic mass is 10.1. The molecular formula is C20H23F3N4O3. The predicted molar refractivity (Wildman–Crippen MR) is 104 cm³/mol. The van der Waals surface area contributed by atoms with Crippen molar-refractivity contribution in [3.63, 3.8) is 0 Å². The first-order chi connectivity index (χ1) is 14.3. The number of benzene rings is 1. The maximum atomic E-state index is 12.5. The average molecular weight is 424 g/mol. The van der Waals surface area contributed by atoms with E-state index in [-0.39, 0.29) is 24.0 Å². The van der Waals surface area contributed by atoms with Crippen LogP contribution in [0.4, 0.5) is 13.2 Å². The molecule has 2 heterocycles. The molecule has 0 saturated heterocycles. The van der Waals surface area contributed by atoms with Crippen LogP contribution in [0.3, 0.4) is 0 Å². The predicted octanol–water partition coefficient (Wildman–Crippen LogP) is 4.69. The summed E-state index contributed by atoms with van der Waals surface area (Å²) in [6, 6.07) is 4.12. The van der Waals surface area contributed by atoms with Gasteiger partial charge in [0.15, 0.2) is 5.65 Å². The quantitative estimate of drug-likeness (QED) is 0.522. The smallest absolute Gasteiger partial charge is 0.496 e. The molecule has 0 atom stereocenters. The maximum Gasteiger partial charge on any atom is 0.573 e. The molecule has 0 unspecified atom stereocenters. The Morgan fingerprint density at radius 3 is 2.40 bits per heavy atom. The molecule has 0 saturated carbocycles. The van der Waals surface area contributed by atoms with Crippen LogP contribution in [0.25, 0.3) is 11.2 Å². The number of halogens is 3. The number of hydrogen-bond donors (Lipinski definition) is 0. The molecule has 2 aromatic heterocycles. The van der Waals surface area contributed by atoms with Crippen molar-refractivity contribution in [1.82, 2.24) is 19.7 Å². The molecule has 0 aliphatic carbocycles. The second-order valence-electron chi connectivity index (χ2n) is 6.65. The highest BCUT2D eigenvalue weighted by Gasteiger charge is 2.31. The fourth-order valence-electron chi connectivity index (χ4n) is 3.32. The highest BCUT2D eigenvalue weighted by molar-refractivity contribution is 5.70. The summed E-state index contributed by atoms with van der Waals surface area (Å²) in [6.45, 7) is 4.16. The molecule has 0 bridgehead atoms. The van der Waals surface area contributed by atoms with Crippen molar-refractivity contribution in [2.75, 3.05) is 14.2 Å². The number of methoxy groups -OCH3 is 2. The minimum atomic E-state index is -4.78. The van der Waals surface area contributed by atoms with E-state index in [2.05, 4.69) is 33.7 Å². The van der Waals surface area contributed by atoms with Gasteiger partial charge in [0.05, 0.1) is 26.5 Å². The highest BCUT2D eigenvalue weighted by Crippen LogP contribution is 2.32. The molecule has 0 N–H and O–H groups in total. The van der Waals surface area contributed by atoms with Crippen LogP contribution in [0.1, 0.15) is 44.0 Å². The van der Waals surface area contributed by atoms with Crippen molar-refractivity contribution in [2.24, 2.45) is 0 Å². The van der Waals surface area contributed by atoms with Crippen LogP contribution >= 0.6 is 0 Å². The van der Waals surface area contributed by atoms with E-state index in [0.29, 0.717) is 28.3 Å². The number of nitrogens with zero attached hydrogens (tertiary/aromatic N) is 4. The minimum Gasteiger partial charge on any atom is -0.496 e. The minimum absolute atomic E-state index is 0.202. The van der Waals surface area contributed by atoms with Crippen molar-refractivity contribution in [2.45, 2.75) is 45.5 Å². The standard InChI is InChI=1S/C20H23F3N4O3/c1-5-13(6-2)27-18-16(11-24-27)25-15(19(26-18)29-4)9-12-7-8-14(10-17(12)28-3)30-20(21,22)23/h7-8,10-11,13H,5-6,9H2,1-4H3. The van der Waals surface area contributed by atoms with Crippen molar-refractivity contribution in [1.29, 1.82) is 0 Å². The molecule has 0 radical (unpaired) electrons. The van der Waals surface area contributed by atoms with Crippen LogP contribution in [0.5, 0.6) is 17.4 Å². The monoisotopic (exact) mass is 424 g/mol. The molecule has 3 aromatic rings. The molecule has 3 rings (SSSR count). The molecule has 0 aliphatic heterocycles. The van der Waals surface area contributed by atoms with Crippen LogP contribution in [0.2, 0.25) is 0 Å². The summed E-state index contributed by atoms with van der Waals surface area (Å²) in [5.41, 5.74) is 2.39. The fourth-order valence-corrected chi connectivity index (χ4v) is 3.32. The van der Waals surface area contributed by atoms with E-state index in [9.17, 15) is 13.2 Å². The van der Waals surface area contributed by atoms with Gasteiger partial charge in [0.1, 0.15) is 22.7 Å². The summed E-state index contributed by atoms with van der Waals surface area (Å²) in [4.78, 5) is 9.22. The van der Waals surface area contributed by atoms with Gasteiger partial charge in [-0.3, -0.25) is 0 Å². The second-order valence-corrected chi connectivity index (χ2v) is 6.65. The molecule has 7 nitrogen and oxygen atoms in total. The Bertz CT molecular complexity index is 1020. The zero-order valence-corrected chi connectivity index (χ0v) is 17.2.